The van der Waals surface area contributed by atoms with Crippen LogP contribution in [0.5, 0.6) is 0 Å². The third-order valence-electron chi connectivity index (χ3n) is 5.94. The van der Waals surface area contributed by atoms with Crippen LogP contribution in [0.2, 0.25) is 0 Å². The molecule has 8 heteroatoms. The van der Waals surface area contributed by atoms with Gasteiger partial charge in [-0.1, -0.05) is 0 Å². The van der Waals surface area contributed by atoms with Crippen LogP contribution in [0.1, 0.15) is 17.8 Å². The topological polar surface area (TPSA) is 88.6 Å². The van der Waals surface area contributed by atoms with Gasteiger partial charge in [0.05, 0.1) is 22.6 Å². The zero-order valence-electron chi connectivity index (χ0n) is 16.2. The number of hydrogen-bond donors (Lipinski definition) is 1. The van der Waals surface area contributed by atoms with Crippen LogP contribution in [-0.2, 0) is 0 Å². The number of aromatic nitrogens is 4. The molecular formula is C21H20N6O2. The fourth-order valence-corrected chi connectivity index (χ4v) is 4.60. The number of imidazole rings is 1. The summed E-state index contributed by atoms with van der Waals surface area (Å²) < 4.78 is 7.50. The fraction of sp³-hybridized carbons (Fsp3) is 0.333. The predicted molar refractivity (Wildman–Crippen MR) is 109 cm³/mol. The van der Waals surface area contributed by atoms with E-state index in [0.717, 1.165) is 47.7 Å². The minimum atomic E-state index is -0.433. The van der Waals surface area contributed by atoms with Crippen molar-refractivity contribution in [3.05, 3.63) is 52.4 Å². The quantitative estimate of drug-likeness (QED) is 0.562. The van der Waals surface area contributed by atoms with Crippen LogP contribution < -0.4 is 15.8 Å². The van der Waals surface area contributed by atoms with Crippen molar-refractivity contribution in [2.24, 2.45) is 0 Å². The molecule has 4 aromatic rings. The van der Waals surface area contributed by atoms with Gasteiger partial charge in [-0.3, -0.25) is 4.98 Å². The summed E-state index contributed by atoms with van der Waals surface area (Å²) in [5.41, 5.74) is 3.38. The Hall–Kier alpha value is -3.26. The first kappa shape index (κ1) is 16.7. The number of nitrogens with zero attached hydrogens (tertiary/aromatic N) is 5. The molecule has 0 radical (unpaired) electrons. The Labute approximate surface area is 166 Å². The standard InChI is InChI=1S/C21H20N6O2/c1-11-8-26-10-17(24-19(26)12(2)23-11)16-5-13-3-4-18(25-20(13)29-21(16)28)27-9-14-6-15(27)7-22-14/h3-5,8,10,14-15,22H,6-7,9H2,1-2H3. The van der Waals surface area contributed by atoms with Crippen LogP contribution in [0.15, 0.2) is 39.8 Å². The molecule has 2 atom stereocenters. The van der Waals surface area contributed by atoms with Crippen LogP contribution in [-0.4, -0.2) is 44.5 Å². The van der Waals surface area contributed by atoms with E-state index in [1.54, 1.807) is 0 Å². The molecule has 2 aliphatic heterocycles. The van der Waals surface area contributed by atoms with Crippen molar-refractivity contribution in [3.8, 4) is 11.3 Å². The number of hydrogen-bond acceptors (Lipinski definition) is 7. The lowest BCUT2D eigenvalue weighted by molar-refractivity contribution is 0.547. The van der Waals surface area contributed by atoms with Gasteiger partial charge in [0, 0.05) is 43.0 Å². The Morgan fingerprint density at radius 1 is 1.17 bits per heavy atom. The highest BCUT2D eigenvalue weighted by Crippen LogP contribution is 2.30. The predicted octanol–water partition coefficient (Wildman–Crippen LogP) is 2.07. The Bertz CT molecular complexity index is 1340. The third kappa shape index (κ3) is 2.56. The summed E-state index contributed by atoms with van der Waals surface area (Å²) in [6, 6.07) is 6.79. The highest BCUT2D eigenvalue weighted by atomic mass is 16.4. The number of rotatable bonds is 2. The number of anilines is 1. The molecule has 0 aliphatic carbocycles. The highest BCUT2D eigenvalue weighted by Gasteiger charge is 2.38. The van der Waals surface area contributed by atoms with Crippen LogP contribution in [0.3, 0.4) is 0 Å². The van der Waals surface area contributed by atoms with E-state index in [4.69, 9.17) is 4.42 Å². The molecule has 2 fully saturated rings. The van der Waals surface area contributed by atoms with Gasteiger partial charge in [0.15, 0.2) is 5.65 Å². The van der Waals surface area contributed by atoms with Crippen molar-refractivity contribution in [2.45, 2.75) is 32.4 Å². The van der Waals surface area contributed by atoms with Crippen molar-refractivity contribution >= 4 is 22.6 Å². The zero-order chi connectivity index (χ0) is 19.7. The Morgan fingerprint density at radius 2 is 2.07 bits per heavy atom. The Balaban J connectivity index is 1.44. The zero-order valence-corrected chi connectivity index (χ0v) is 16.2. The van der Waals surface area contributed by atoms with Gasteiger partial charge in [-0.25, -0.2) is 9.78 Å². The van der Waals surface area contributed by atoms with E-state index in [1.165, 1.54) is 0 Å². The summed E-state index contributed by atoms with van der Waals surface area (Å²) >= 11 is 0. The molecule has 2 unspecified atom stereocenters. The molecule has 29 heavy (non-hydrogen) atoms. The first-order chi connectivity index (χ1) is 14.0. The van der Waals surface area contributed by atoms with Gasteiger partial charge in [-0.15, -0.1) is 0 Å². The maximum atomic E-state index is 12.7. The average Bonchev–Trinajstić information content (AvgIpc) is 3.42. The maximum absolute atomic E-state index is 12.7. The lowest BCUT2D eigenvalue weighted by atomic mass is 10.2. The molecule has 4 aromatic heterocycles. The number of aryl methyl sites for hydroxylation is 2. The molecule has 0 spiro atoms. The number of nitrogens with one attached hydrogen (secondary N) is 1. The molecule has 6 rings (SSSR count). The molecule has 2 saturated heterocycles. The SMILES string of the molecule is Cc1cn2cc(-c3cc4ccc(N5CC6CC5CN6)nc4oc3=O)nc2c(C)n1. The van der Waals surface area contributed by atoms with Gasteiger partial charge in [0.25, 0.3) is 0 Å². The first-order valence-corrected chi connectivity index (χ1v) is 9.83. The Morgan fingerprint density at radius 3 is 2.86 bits per heavy atom. The van der Waals surface area contributed by atoms with Gasteiger partial charge in [-0.2, -0.15) is 4.98 Å². The van der Waals surface area contributed by atoms with Crippen LogP contribution in [0.25, 0.3) is 28.0 Å². The Kier molecular flexibility index (Phi) is 3.37. The number of pyridine rings is 1. The number of fused-ring (bicyclic) bond motifs is 4. The van der Waals surface area contributed by atoms with Crippen molar-refractivity contribution < 1.29 is 4.42 Å². The van der Waals surface area contributed by atoms with E-state index < -0.39 is 5.63 Å². The summed E-state index contributed by atoms with van der Waals surface area (Å²) in [5.74, 6) is 0.868. The summed E-state index contributed by atoms with van der Waals surface area (Å²) in [7, 11) is 0. The normalized spacial score (nSPS) is 21.0. The number of piperazine rings is 1. The third-order valence-corrected chi connectivity index (χ3v) is 5.94. The highest BCUT2D eigenvalue weighted by molar-refractivity contribution is 5.80. The molecule has 0 saturated carbocycles. The van der Waals surface area contributed by atoms with Crippen molar-refractivity contribution in [2.75, 3.05) is 18.0 Å². The molecule has 1 N–H and O–H groups in total. The second kappa shape index (κ2) is 5.87. The summed E-state index contributed by atoms with van der Waals surface area (Å²) in [6.07, 6.45) is 4.88. The second-order valence-corrected chi connectivity index (χ2v) is 7.98. The van der Waals surface area contributed by atoms with E-state index in [0.29, 0.717) is 29.1 Å². The molecule has 2 bridgehead atoms. The first-order valence-electron chi connectivity index (χ1n) is 9.83. The van der Waals surface area contributed by atoms with E-state index in [-0.39, 0.29) is 0 Å². The fourth-order valence-electron chi connectivity index (χ4n) is 4.60. The summed E-state index contributed by atoms with van der Waals surface area (Å²) in [6.45, 7) is 5.77. The van der Waals surface area contributed by atoms with Gasteiger partial charge < -0.3 is 19.0 Å². The van der Waals surface area contributed by atoms with Gasteiger partial charge in [0.2, 0.25) is 5.71 Å². The van der Waals surface area contributed by atoms with Crippen molar-refractivity contribution in [3.63, 3.8) is 0 Å². The van der Waals surface area contributed by atoms with Crippen molar-refractivity contribution in [1.29, 1.82) is 0 Å². The monoisotopic (exact) mass is 388 g/mol. The minimum Gasteiger partial charge on any atom is -0.403 e. The summed E-state index contributed by atoms with van der Waals surface area (Å²) in [5, 5.41) is 4.28. The van der Waals surface area contributed by atoms with Gasteiger partial charge >= 0.3 is 5.63 Å². The maximum Gasteiger partial charge on any atom is 0.347 e. The smallest absolute Gasteiger partial charge is 0.347 e. The van der Waals surface area contributed by atoms with Gasteiger partial charge in [0.1, 0.15) is 5.82 Å². The van der Waals surface area contributed by atoms with E-state index in [1.807, 2.05) is 48.8 Å². The molecular weight excluding hydrogens is 368 g/mol. The average molecular weight is 388 g/mol. The molecule has 8 nitrogen and oxygen atoms in total. The molecule has 146 valence electrons. The van der Waals surface area contributed by atoms with Crippen LogP contribution in [0.4, 0.5) is 5.82 Å². The second-order valence-electron chi connectivity index (χ2n) is 7.98. The van der Waals surface area contributed by atoms with Crippen molar-refractivity contribution in [1.82, 2.24) is 24.7 Å². The molecule has 2 aliphatic rings. The van der Waals surface area contributed by atoms with E-state index >= 15 is 0 Å². The van der Waals surface area contributed by atoms with E-state index in [2.05, 4.69) is 25.2 Å². The largest absolute Gasteiger partial charge is 0.403 e. The minimum absolute atomic E-state index is 0.365. The summed E-state index contributed by atoms with van der Waals surface area (Å²) in [4.78, 5) is 28.7. The molecule has 0 aromatic carbocycles. The van der Waals surface area contributed by atoms with Crippen LogP contribution in [0, 0.1) is 13.8 Å². The lowest BCUT2D eigenvalue weighted by Gasteiger charge is -2.28. The molecule has 0 amide bonds. The van der Waals surface area contributed by atoms with E-state index in [9.17, 15) is 4.79 Å². The van der Waals surface area contributed by atoms with Crippen LogP contribution >= 0.6 is 0 Å². The lowest BCUT2D eigenvalue weighted by Crippen LogP contribution is -2.43. The van der Waals surface area contributed by atoms with Gasteiger partial charge in [-0.05, 0) is 38.5 Å². The molecule has 6 heterocycles.